The maximum absolute atomic E-state index is 4.28. The van der Waals surface area contributed by atoms with Gasteiger partial charge in [-0.05, 0) is 23.4 Å². The molecule has 1 aromatic rings. The quantitative estimate of drug-likeness (QED) is 0.558. The van der Waals surface area contributed by atoms with Crippen LogP contribution in [0.5, 0.6) is 0 Å². The van der Waals surface area contributed by atoms with Crippen LogP contribution in [0.15, 0.2) is 30.3 Å². The molecule has 1 unspecified atom stereocenters. The minimum absolute atomic E-state index is 0.0700. The van der Waals surface area contributed by atoms with Crippen LogP contribution in [-0.2, 0) is 0 Å². The van der Waals surface area contributed by atoms with Crippen LogP contribution in [0.25, 0.3) is 0 Å². The van der Waals surface area contributed by atoms with Crippen LogP contribution in [0, 0.1) is 0 Å². The first kappa shape index (κ1) is 10.1. The number of rotatable bonds is 4. The molecule has 0 aliphatic carbocycles. The predicted molar refractivity (Wildman–Crippen MR) is 62.3 cm³/mol. The molecule has 0 N–H and O–H groups in total. The van der Waals surface area contributed by atoms with E-state index in [1.54, 1.807) is 0 Å². The average Bonchev–Trinajstić information content (AvgIpc) is 2.15. The number of benzene rings is 1. The Morgan fingerprint density at radius 2 is 1.92 bits per heavy atom. The van der Waals surface area contributed by atoms with Crippen molar-refractivity contribution in [3.63, 3.8) is 0 Å². The third-order valence-corrected chi connectivity index (χ3v) is 5.00. The fourth-order valence-electron chi connectivity index (χ4n) is 1.23. The fraction of sp³-hybridized carbons (Fsp3) is 0.400. The highest BCUT2D eigenvalue weighted by atomic mass is 32.1. The zero-order valence-electron chi connectivity index (χ0n) is 7.40. The molecule has 0 aromatic heterocycles. The normalized spacial score (nSPS) is 12.8. The van der Waals surface area contributed by atoms with Crippen molar-refractivity contribution in [2.75, 3.05) is 18.1 Å². The summed E-state index contributed by atoms with van der Waals surface area (Å²) in [6.45, 7) is 2.27. The lowest BCUT2D eigenvalue weighted by Gasteiger charge is -2.13. The van der Waals surface area contributed by atoms with Crippen molar-refractivity contribution in [2.45, 2.75) is 6.92 Å². The largest absolute Gasteiger partial charge is 0.179 e. The van der Waals surface area contributed by atoms with Gasteiger partial charge in [-0.25, -0.2) is 0 Å². The summed E-state index contributed by atoms with van der Waals surface area (Å²) in [5.74, 6) is 1.01. The second-order valence-electron chi connectivity index (χ2n) is 2.64. The third kappa shape index (κ3) is 2.80. The molecule has 0 aliphatic heterocycles. The second-order valence-corrected chi connectivity index (χ2v) is 5.76. The Morgan fingerprint density at radius 1 is 1.25 bits per heavy atom. The van der Waals surface area contributed by atoms with Crippen molar-refractivity contribution < 1.29 is 0 Å². The molecule has 2 heteroatoms. The molecular formula is C10H15PS. The van der Waals surface area contributed by atoms with Gasteiger partial charge in [0.1, 0.15) is 0 Å². The first-order chi connectivity index (χ1) is 5.88. The van der Waals surface area contributed by atoms with Crippen LogP contribution < -0.4 is 5.30 Å². The molecule has 0 saturated heterocycles. The molecule has 0 fully saturated rings. The van der Waals surface area contributed by atoms with Crippen LogP contribution in [0.3, 0.4) is 0 Å². The van der Waals surface area contributed by atoms with Crippen LogP contribution in [-0.4, -0.2) is 18.1 Å². The van der Waals surface area contributed by atoms with Gasteiger partial charge < -0.3 is 0 Å². The van der Waals surface area contributed by atoms with Crippen molar-refractivity contribution in [3.8, 4) is 0 Å². The molecular weight excluding hydrogens is 183 g/mol. The Kier molecular flexibility index (Phi) is 4.72. The topological polar surface area (TPSA) is 0 Å². The molecule has 0 bridgehead atoms. The predicted octanol–water partition coefficient (Wildman–Crippen LogP) is 2.74. The molecule has 1 atom stereocenters. The molecule has 1 rings (SSSR count). The van der Waals surface area contributed by atoms with Crippen molar-refractivity contribution in [3.05, 3.63) is 30.3 Å². The van der Waals surface area contributed by atoms with E-state index >= 15 is 0 Å². The van der Waals surface area contributed by atoms with Crippen molar-refractivity contribution in [1.29, 1.82) is 0 Å². The first-order valence-corrected chi connectivity index (χ1v) is 6.63. The minimum Gasteiger partial charge on any atom is -0.179 e. The van der Waals surface area contributed by atoms with E-state index < -0.39 is 0 Å². The summed E-state index contributed by atoms with van der Waals surface area (Å²) in [6.07, 6.45) is 2.53. The highest BCUT2D eigenvalue weighted by Gasteiger charge is 2.05. The molecule has 0 nitrogen and oxygen atoms in total. The van der Waals surface area contributed by atoms with Crippen LogP contribution in [0.4, 0.5) is 0 Å². The molecule has 0 saturated carbocycles. The number of hydrogen-bond donors (Lipinski definition) is 1. The highest BCUT2D eigenvalue weighted by molar-refractivity contribution is 7.81. The van der Waals surface area contributed by atoms with Crippen molar-refractivity contribution >= 4 is 25.9 Å². The SMILES string of the molecule is CCP(CCS)c1ccccc1. The third-order valence-electron chi connectivity index (χ3n) is 1.87. The van der Waals surface area contributed by atoms with Gasteiger partial charge >= 0.3 is 0 Å². The molecule has 0 spiro atoms. The lowest BCUT2D eigenvalue weighted by Crippen LogP contribution is -2.04. The van der Waals surface area contributed by atoms with E-state index in [0.29, 0.717) is 0 Å². The van der Waals surface area contributed by atoms with Gasteiger partial charge in [-0.3, -0.25) is 0 Å². The smallest absolute Gasteiger partial charge is 0.00555 e. The Morgan fingerprint density at radius 3 is 2.42 bits per heavy atom. The molecule has 12 heavy (non-hydrogen) atoms. The van der Waals surface area contributed by atoms with E-state index in [4.69, 9.17) is 0 Å². The maximum atomic E-state index is 4.28. The molecule has 66 valence electrons. The lowest BCUT2D eigenvalue weighted by molar-refractivity contribution is 1.44. The average molecular weight is 198 g/mol. The molecule has 0 heterocycles. The Balaban J connectivity index is 2.66. The summed E-state index contributed by atoms with van der Waals surface area (Å²) >= 11 is 4.28. The minimum atomic E-state index is 0.0700. The van der Waals surface area contributed by atoms with E-state index in [2.05, 4.69) is 49.9 Å². The van der Waals surface area contributed by atoms with E-state index in [1.165, 1.54) is 17.6 Å². The zero-order chi connectivity index (χ0) is 8.81. The maximum Gasteiger partial charge on any atom is -0.00555 e. The fourth-order valence-corrected chi connectivity index (χ4v) is 3.73. The molecule has 0 aliphatic rings. The Hall–Kier alpha value is 0. The summed E-state index contributed by atoms with van der Waals surface area (Å²) < 4.78 is 0. The molecule has 0 amide bonds. The Labute approximate surface area is 81.5 Å². The molecule has 1 aromatic carbocycles. The summed E-state index contributed by atoms with van der Waals surface area (Å²) in [7, 11) is 0.0700. The summed E-state index contributed by atoms with van der Waals surface area (Å²) in [5, 5.41) is 1.52. The van der Waals surface area contributed by atoms with Gasteiger partial charge in [-0.15, -0.1) is 0 Å². The number of hydrogen-bond acceptors (Lipinski definition) is 1. The van der Waals surface area contributed by atoms with Gasteiger partial charge in [0, 0.05) is 0 Å². The van der Waals surface area contributed by atoms with E-state index in [1.807, 2.05) is 0 Å². The van der Waals surface area contributed by atoms with Gasteiger partial charge in [0.05, 0.1) is 0 Å². The highest BCUT2D eigenvalue weighted by Crippen LogP contribution is 2.33. The zero-order valence-corrected chi connectivity index (χ0v) is 9.19. The molecule has 0 radical (unpaired) electrons. The lowest BCUT2D eigenvalue weighted by atomic mass is 10.4. The van der Waals surface area contributed by atoms with Gasteiger partial charge in [0.15, 0.2) is 0 Å². The monoisotopic (exact) mass is 198 g/mol. The number of thiol groups is 1. The van der Waals surface area contributed by atoms with Gasteiger partial charge in [-0.2, -0.15) is 12.6 Å². The van der Waals surface area contributed by atoms with Crippen molar-refractivity contribution in [1.82, 2.24) is 0 Å². The van der Waals surface area contributed by atoms with Crippen molar-refractivity contribution in [2.24, 2.45) is 0 Å². The standard InChI is InChI=1S/C10H15PS/c1-2-11(8-9-12)10-6-4-3-5-7-10/h3-7,12H,2,8-9H2,1H3. The Bertz CT molecular complexity index is 210. The van der Waals surface area contributed by atoms with Gasteiger partial charge in [0.2, 0.25) is 0 Å². The second kappa shape index (κ2) is 5.61. The van der Waals surface area contributed by atoms with E-state index in [9.17, 15) is 0 Å². The first-order valence-electron chi connectivity index (χ1n) is 4.29. The van der Waals surface area contributed by atoms with E-state index in [0.717, 1.165) is 5.75 Å². The van der Waals surface area contributed by atoms with E-state index in [-0.39, 0.29) is 7.92 Å². The summed E-state index contributed by atoms with van der Waals surface area (Å²) in [5.41, 5.74) is 0. The van der Waals surface area contributed by atoms with Gasteiger partial charge in [-0.1, -0.05) is 45.2 Å². The van der Waals surface area contributed by atoms with Gasteiger partial charge in [0.25, 0.3) is 0 Å². The van der Waals surface area contributed by atoms with Crippen LogP contribution in [0.1, 0.15) is 6.92 Å². The van der Waals surface area contributed by atoms with Crippen LogP contribution >= 0.6 is 20.6 Å². The summed E-state index contributed by atoms with van der Waals surface area (Å²) in [4.78, 5) is 0. The van der Waals surface area contributed by atoms with Crippen LogP contribution in [0.2, 0.25) is 0 Å². The summed E-state index contributed by atoms with van der Waals surface area (Å²) in [6, 6.07) is 10.8.